The third kappa shape index (κ3) is 5.69. The van der Waals surface area contributed by atoms with Gasteiger partial charge in [0, 0.05) is 54.8 Å². The van der Waals surface area contributed by atoms with Crippen molar-refractivity contribution in [2.24, 2.45) is 5.92 Å². The molecular formula is C28H37F2N7O2S. The molecule has 2 N–H and O–H groups in total. The second-order valence-electron chi connectivity index (χ2n) is 11.4. The zero-order valence-corrected chi connectivity index (χ0v) is 24.3. The summed E-state index contributed by atoms with van der Waals surface area (Å²) in [5, 5.41) is 7.98. The molecule has 40 heavy (non-hydrogen) atoms. The molecule has 0 spiro atoms. The molecule has 2 fully saturated rings. The number of pyridine rings is 1. The van der Waals surface area contributed by atoms with E-state index >= 15 is 0 Å². The average molecular weight is 574 g/mol. The van der Waals surface area contributed by atoms with Crippen molar-refractivity contribution in [3.05, 3.63) is 42.2 Å². The Hall–Kier alpha value is -3.12. The van der Waals surface area contributed by atoms with Crippen molar-refractivity contribution in [2.75, 3.05) is 53.8 Å². The van der Waals surface area contributed by atoms with Crippen molar-refractivity contribution < 1.29 is 17.2 Å². The first-order valence-corrected chi connectivity index (χ1v) is 15.7. The van der Waals surface area contributed by atoms with E-state index < -0.39 is 28.3 Å². The van der Waals surface area contributed by atoms with E-state index in [-0.39, 0.29) is 29.6 Å². The fourth-order valence-electron chi connectivity index (χ4n) is 5.82. The summed E-state index contributed by atoms with van der Waals surface area (Å²) in [5.74, 6) is -1.03. The molecule has 5 rings (SSSR count). The van der Waals surface area contributed by atoms with Gasteiger partial charge in [0.1, 0.15) is 21.5 Å². The summed E-state index contributed by atoms with van der Waals surface area (Å²) in [5.41, 5.74) is 2.20. The lowest BCUT2D eigenvalue weighted by Gasteiger charge is -2.48. The first-order valence-electron chi connectivity index (χ1n) is 13.6. The summed E-state index contributed by atoms with van der Waals surface area (Å²) in [6, 6.07) is 7.14. The van der Waals surface area contributed by atoms with Crippen LogP contribution in [0.1, 0.15) is 38.7 Å². The molecule has 12 heteroatoms. The number of nitrogens with zero attached hydrogens (tertiary/aromatic N) is 5. The van der Waals surface area contributed by atoms with Gasteiger partial charge in [0.05, 0.1) is 18.3 Å². The summed E-state index contributed by atoms with van der Waals surface area (Å²) >= 11 is 0. The van der Waals surface area contributed by atoms with Crippen molar-refractivity contribution in [1.82, 2.24) is 20.3 Å². The number of sulfone groups is 1. The molecular weight excluding hydrogens is 536 g/mol. The number of fused-ring (bicyclic) bond motifs is 1. The van der Waals surface area contributed by atoms with Crippen LogP contribution in [0.2, 0.25) is 0 Å². The SMILES string of the molecule is CN[C@@H]1CCN(c2nccc(Nc3cc4c(C(C)C)ccc(N5C[C@H](CS(C)(=O)=O)[C@H]5C)c4cn3)n2)CC1(F)F. The van der Waals surface area contributed by atoms with Crippen LogP contribution in [0.5, 0.6) is 0 Å². The maximum Gasteiger partial charge on any atom is 0.280 e. The summed E-state index contributed by atoms with van der Waals surface area (Å²) in [6.45, 7) is 7.00. The van der Waals surface area contributed by atoms with E-state index in [9.17, 15) is 17.2 Å². The van der Waals surface area contributed by atoms with Crippen LogP contribution in [0.3, 0.4) is 0 Å². The zero-order valence-electron chi connectivity index (χ0n) is 23.5. The minimum absolute atomic E-state index is 0.0969. The minimum atomic E-state index is -3.04. The predicted octanol–water partition coefficient (Wildman–Crippen LogP) is 4.19. The highest BCUT2D eigenvalue weighted by Crippen LogP contribution is 2.39. The van der Waals surface area contributed by atoms with Crippen molar-refractivity contribution in [3.8, 4) is 0 Å². The van der Waals surface area contributed by atoms with Gasteiger partial charge in [0.2, 0.25) is 5.95 Å². The van der Waals surface area contributed by atoms with Crippen molar-refractivity contribution in [3.63, 3.8) is 0 Å². The highest BCUT2D eigenvalue weighted by Gasteiger charge is 2.44. The normalized spacial score (nSPS) is 22.9. The summed E-state index contributed by atoms with van der Waals surface area (Å²) < 4.78 is 52.7. The van der Waals surface area contributed by atoms with E-state index in [0.29, 0.717) is 31.1 Å². The van der Waals surface area contributed by atoms with Crippen LogP contribution in [-0.2, 0) is 9.84 Å². The van der Waals surface area contributed by atoms with Gasteiger partial charge in [0.25, 0.3) is 5.92 Å². The number of hydrogen-bond donors (Lipinski definition) is 2. The van der Waals surface area contributed by atoms with Crippen LogP contribution in [0.4, 0.5) is 32.1 Å². The number of anilines is 4. The monoisotopic (exact) mass is 573 g/mol. The molecule has 2 aliphatic heterocycles. The van der Waals surface area contributed by atoms with E-state index in [1.54, 1.807) is 19.3 Å². The number of nitrogens with one attached hydrogen (secondary N) is 2. The molecule has 1 aromatic carbocycles. The molecule has 0 aliphatic carbocycles. The lowest BCUT2D eigenvalue weighted by atomic mass is 9.88. The van der Waals surface area contributed by atoms with E-state index in [2.05, 4.69) is 63.4 Å². The number of alkyl halides is 2. The minimum Gasteiger partial charge on any atom is -0.368 e. The van der Waals surface area contributed by atoms with Gasteiger partial charge >= 0.3 is 0 Å². The smallest absolute Gasteiger partial charge is 0.280 e. The lowest BCUT2D eigenvalue weighted by Crippen LogP contribution is -2.57. The Balaban J connectivity index is 1.40. The predicted molar refractivity (Wildman–Crippen MR) is 156 cm³/mol. The highest BCUT2D eigenvalue weighted by atomic mass is 32.2. The third-order valence-electron chi connectivity index (χ3n) is 8.09. The van der Waals surface area contributed by atoms with Crippen LogP contribution in [0, 0.1) is 5.92 Å². The molecule has 2 aliphatic rings. The van der Waals surface area contributed by atoms with Crippen molar-refractivity contribution >= 4 is 43.9 Å². The number of hydrogen-bond acceptors (Lipinski definition) is 9. The van der Waals surface area contributed by atoms with Gasteiger partial charge < -0.3 is 20.4 Å². The molecule has 2 aromatic heterocycles. The Morgan fingerprint density at radius 1 is 1.15 bits per heavy atom. The van der Waals surface area contributed by atoms with Crippen LogP contribution in [0.15, 0.2) is 36.7 Å². The van der Waals surface area contributed by atoms with E-state index in [1.807, 2.05) is 12.3 Å². The molecule has 0 bridgehead atoms. The van der Waals surface area contributed by atoms with Gasteiger partial charge in [-0.15, -0.1) is 0 Å². The highest BCUT2D eigenvalue weighted by molar-refractivity contribution is 7.90. The summed E-state index contributed by atoms with van der Waals surface area (Å²) in [7, 11) is -1.48. The maximum atomic E-state index is 14.5. The molecule has 0 amide bonds. The first kappa shape index (κ1) is 28.4. The number of halogens is 2. The third-order valence-corrected chi connectivity index (χ3v) is 9.13. The lowest BCUT2D eigenvalue weighted by molar-refractivity contribution is -0.0405. The van der Waals surface area contributed by atoms with Crippen molar-refractivity contribution in [1.29, 1.82) is 0 Å². The number of aromatic nitrogens is 3. The van der Waals surface area contributed by atoms with Crippen LogP contribution >= 0.6 is 0 Å². The molecule has 0 unspecified atom stereocenters. The maximum absolute atomic E-state index is 14.5. The van der Waals surface area contributed by atoms with E-state index in [1.165, 1.54) is 16.7 Å². The summed E-state index contributed by atoms with van der Waals surface area (Å²) in [4.78, 5) is 17.2. The number of benzene rings is 1. The van der Waals surface area contributed by atoms with Gasteiger partial charge in [-0.3, -0.25) is 0 Å². The number of rotatable bonds is 8. The van der Waals surface area contributed by atoms with Gasteiger partial charge in [-0.25, -0.2) is 27.2 Å². The van der Waals surface area contributed by atoms with E-state index in [0.717, 1.165) is 16.5 Å². The average Bonchev–Trinajstić information content (AvgIpc) is 2.89. The summed E-state index contributed by atoms with van der Waals surface area (Å²) in [6.07, 6.45) is 4.97. The topological polar surface area (TPSA) is 103 Å². The zero-order chi connectivity index (χ0) is 28.8. The molecule has 9 nitrogen and oxygen atoms in total. The molecule has 2 saturated heterocycles. The van der Waals surface area contributed by atoms with Crippen LogP contribution in [0.25, 0.3) is 10.8 Å². The Morgan fingerprint density at radius 2 is 1.93 bits per heavy atom. The van der Waals surface area contributed by atoms with Crippen LogP contribution in [-0.4, -0.2) is 80.1 Å². The first-order chi connectivity index (χ1) is 18.9. The van der Waals surface area contributed by atoms with Gasteiger partial charge in [-0.1, -0.05) is 19.9 Å². The van der Waals surface area contributed by atoms with Gasteiger partial charge in [-0.2, -0.15) is 4.98 Å². The second-order valence-corrected chi connectivity index (χ2v) is 13.6. The Morgan fingerprint density at radius 3 is 2.58 bits per heavy atom. The van der Waals surface area contributed by atoms with Gasteiger partial charge in [0.15, 0.2) is 0 Å². The fourth-order valence-corrected chi connectivity index (χ4v) is 6.98. The number of piperidine rings is 1. The molecule has 0 saturated carbocycles. The molecule has 4 heterocycles. The van der Waals surface area contributed by atoms with Crippen molar-refractivity contribution in [2.45, 2.75) is 51.1 Å². The second kappa shape index (κ2) is 10.7. The fraction of sp³-hybridized carbons (Fsp3) is 0.536. The van der Waals surface area contributed by atoms with E-state index in [4.69, 9.17) is 0 Å². The van der Waals surface area contributed by atoms with Crippen LogP contribution < -0.4 is 20.4 Å². The Bertz CT molecular complexity index is 1500. The molecule has 0 radical (unpaired) electrons. The van der Waals surface area contributed by atoms with Gasteiger partial charge in [-0.05, 0) is 55.5 Å². The Labute approximate surface area is 234 Å². The molecule has 216 valence electrons. The standard InChI is InChI=1S/C28H37F2N7O2S/c1-17(2)20-6-7-23(37-14-19(18(37)3)15-40(5,38)39)22-13-33-26(12-21(20)22)34-25-8-10-32-27(35-25)36-11-9-24(31-4)28(29,30)16-36/h6-8,10,12-13,17-19,24,31H,9,11,14-16H2,1-5H3,(H,32,33,34,35)/t18-,19-,24-/m1/s1. The Kier molecular flexibility index (Phi) is 7.60. The molecule has 3 aromatic rings. The molecule has 3 atom stereocenters. The largest absolute Gasteiger partial charge is 0.368 e. The quantitative estimate of drug-likeness (QED) is 0.411.